The first kappa shape index (κ1) is 16.2. The minimum absolute atomic E-state index is 0.157. The van der Waals surface area contributed by atoms with Crippen LogP contribution in [0.15, 0.2) is 24.3 Å². The van der Waals surface area contributed by atoms with Gasteiger partial charge >= 0.3 is 0 Å². The highest BCUT2D eigenvalue weighted by atomic mass is 19.1. The van der Waals surface area contributed by atoms with Crippen molar-refractivity contribution in [3.63, 3.8) is 0 Å². The Labute approximate surface area is 126 Å². The molecule has 0 saturated carbocycles. The molecule has 1 atom stereocenters. The molecule has 1 aliphatic heterocycles. The Morgan fingerprint density at radius 3 is 2.43 bits per heavy atom. The molecule has 0 radical (unpaired) electrons. The molecular formula is C16H26FN2O2+. The summed E-state index contributed by atoms with van der Waals surface area (Å²) in [4.78, 5) is 3.66. The van der Waals surface area contributed by atoms with Gasteiger partial charge in [-0.2, -0.15) is 0 Å². The van der Waals surface area contributed by atoms with Gasteiger partial charge in [0.05, 0.1) is 38.9 Å². The topological polar surface area (TPSA) is 37.1 Å². The SMILES string of the molecule is CC(C)OC[C@H](O)C[NH+]1CCN(c2ccc(F)cc2)CC1. The standard InChI is InChI=1S/C16H25FN2O2/c1-13(2)21-12-16(20)11-18-7-9-19(10-8-18)15-5-3-14(17)4-6-15/h3-6,13,16,20H,7-12H2,1-2H3/p+1/t16-/m1/s1. The normalized spacial score (nSPS) is 18.2. The maximum atomic E-state index is 12.9. The Morgan fingerprint density at radius 1 is 1.24 bits per heavy atom. The van der Waals surface area contributed by atoms with Crippen LogP contribution in [0, 0.1) is 5.82 Å². The summed E-state index contributed by atoms with van der Waals surface area (Å²) >= 11 is 0. The molecule has 0 unspecified atom stereocenters. The Bertz CT molecular complexity index is 417. The largest absolute Gasteiger partial charge is 0.385 e. The van der Waals surface area contributed by atoms with E-state index in [1.54, 1.807) is 0 Å². The lowest BCUT2D eigenvalue weighted by atomic mass is 10.2. The number of quaternary nitrogens is 1. The molecule has 1 heterocycles. The summed E-state index contributed by atoms with van der Waals surface area (Å²) in [5.41, 5.74) is 1.07. The van der Waals surface area contributed by atoms with Crippen molar-refractivity contribution >= 4 is 5.69 Å². The van der Waals surface area contributed by atoms with E-state index in [1.165, 1.54) is 17.0 Å². The fourth-order valence-electron chi connectivity index (χ4n) is 2.63. The van der Waals surface area contributed by atoms with Gasteiger partial charge in [0.15, 0.2) is 0 Å². The highest BCUT2D eigenvalue weighted by Gasteiger charge is 2.22. The number of aliphatic hydroxyl groups is 1. The second-order valence-corrected chi connectivity index (χ2v) is 5.95. The van der Waals surface area contributed by atoms with Crippen LogP contribution in [0.4, 0.5) is 10.1 Å². The second kappa shape index (κ2) is 7.73. The van der Waals surface area contributed by atoms with Crippen LogP contribution in [0.25, 0.3) is 0 Å². The summed E-state index contributed by atoms with van der Waals surface area (Å²) in [6, 6.07) is 6.65. The van der Waals surface area contributed by atoms with E-state index in [-0.39, 0.29) is 11.9 Å². The number of hydrogen-bond donors (Lipinski definition) is 2. The molecule has 1 saturated heterocycles. The van der Waals surface area contributed by atoms with Crippen LogP contribution < -0.4 is 9.80 Å². The van der Waals surface area contributed by atoms with Crippen molar-refractivity contribution in [2.45, 2.75) is 26.1 Å². The first-order valence-corrected chi connectivity index (χ1v) is 7.68. The number of ether oxygens (including phenoxy) is 1. The van der Waals surface area contributed by atoms with Gasteiger partial charge in [0.2, 0.25) is 0 Å². The van der Waals surface area contributed by atoms with E-state index < -0.39 is 6.10 Å². The quantitative estimate of drug-likeness (QED) is 0.794. The average Bonchev–Trinajstić information content (AvgIpc) is 2.47. The van der Waals surface area contributed by atoms with Crippen molar-refractivity contribution in [3.8, 4) is 0 Å². The van der Waals surface area contributed by atoms with Crippen molar-refractivity contribution in [2.75, 3.05) is 44.2 Å². The van der Waals surface area contributed by atoms with Gasteiger partial charge in [-0.3, -0.25) is 0 Å². The van der Waals surface area contributed by atoms with E-state index in [0.717, 1.165) is 38.4 Å². The molecule has 1 fully saturated rings. The predicted molar refractivity (Wildman–Crippen MR) is 81.3 cm³/mol. The smallest absolute Gasteiger partial charge is 0.126 e. The lowest BCUT2D eigenvalue weighted by Gasteiger charge is -2.34. The molecule has 118 valence electrons. The molecule has 0 aliphatic carbocycles. The van der Waals surface area contributed by atoms with Crippen molar-refractivity contribution < 1.29 is 19.1 Å². The first-order valence-electron chi connectivity index (χ1n) is 7.68. The number of rotatable bonds is 6. The number of halogens is 1. The second-order valence-electron chi connectivity index (χ2n) is 5.95. The zero-order chi connectivity index (χ0) is 15.2. The maximum Gasteiger partial charge on any atom is 0.126 e. The van der Waals surface area contributed by atoms with Crippen molar-refractivity contribution in [3.05, 3.63) is 30.1 Å². The van der Waals surface area contributed by atoms with Gasteiger partial charge in [-0.25, -0.2) is 4.39 Å². The molecule has 21 heavy (non-hydrogen) atoms. The maximum absolute atomic E-state index is 12.9. The summed E-state index contributed by atoms with van der Waals surface area (Å²) < 4.78 is 18.4. The number of benzene rings is 1. The van der Waals surface area contributed by atoms with Crippen molar-refractivity contribution in [2.24, 2.45) is 0 Å². The molecule has 4 nitrogen and oxygen atoms in total. The summed E-state index contributed by atoms with van der Waals surface area (Å²) in [5.74, 6) is -0.198. The summed E-state index contributed by atoms with van der Waals surface area (Å²) in [7, 11) is 0. The van der Waals surface area contributed by atoms with E-state index in [0.29, 0.717) is 6.61 Å². The van der Waals surface area contributed by atoms with Crippen LogP contribution in [-0.2, 0) is 4.74 Å². The van der Waals surface area contributed by atoms with E-state index in [2.05, 4.69) is 4.90 Å². The summed E-state index contributed by atoms with van der Waals surface area (Å²) in [5, 5.41) is 9.96. The van der Waals surface area contributed by atoms with E-state index in [4.69, 9.17) is 4.74 Å². The van der Waals surface area contributed by atoms with Crippen LogP contribution in [-0.4, -0.2) is 56.6 Å². The number of anilines is 1. The monoisotopic (exact) mass is 297 g/mol. The molecule has 2 rings (SSSR count). The minimum atomic E-state index is -0.403. The van der Waals surface area contributed by atoms with Gasteiger partial charge < -0.3 is 19.6 Å². The average molecular weight is 297 g/mol. The van der Waals surface area contributed by atoms with E-state index in [1.807, 2.05) is 26.0 Å². The molecule has 1 aromatic rings. The molecule has 0 bridgehead atoms. The summed E-state index contributed by atoms with van der Waals surface area (Å²) in [6.45, 7) is 8.90. The molecule has 0 spiro atoms. The Hall–Kier alpha value is -1.17. The highest BCUT2D eigenvalue weighted by molar-refractivity contribution is 5.46. The molecule has 2 N–H and O–H groups in total. The van der Waals surface area contributed by atoms with Gasteiger partial charge in [0.25, 0.3) is 0 Å². The molecular weight excluding hydrogens is 271 g/mol. The van der Waals surface area contributed by atoms with Crippen LogP contribution in [0.5, 0.6) is 0 Å². The van der Waals surface area contributed by atoms with Crippen LogP contribution in [0.3, 0.4) is 0 Å². The number of hydrogen-bond acceptors (Lipinski definition) is 3. The van der Waals surface area contributed by atoms with Gasteiger partial charge in [-0.05, 0) is 38.1 Å². The number of aliphatic hydroxyl groups excluding tert-OH is 1. The highest BCUT2D eigenvalue weighted by Crippen LogP contribution is 2.14. The van der Waals surface area contributed by atoms with Crippen molar-refractivity contribution in [1.82, 2.24) is 0 Å². The van der Waals surface area contributed by atoms with Crippen LogP contribution >= 0.6 is 0 Å². The lowest BCUT2D eigenvalue weighted by molar-refractivity contribution is -0.903. The lowest BCUT2D eigenvalue weighted by Crippen LogP contribution is -3.16. The third-order valence-corrected chi connectivity index (χ3v) is 3.81. The molecule has 5 heteroatoms. The zero-order valence-electron chi connectivity index (χ0n) is 12.9. The van der Waals surface area contributed by atoms with Crippen LogP contribution in [0.1, 0.15) is 13.8 Å². The van der Waals surface area contributed by atoms with E-state index >= 15 is 0 Å². The third kappa shape index (κ3) is 5.26. The molecule has 1 aromatic carbocycles. The van der Waals surface area contributed by atoms with Crippen molar-refractivity contribution in [1.29, 1.82) is 0 Å². The van der Waals surface area contributed by atoms with Gasteiger partial charge in [0.1, 0.15) is 18.5 Å². The fourth-order valence-corrected chi connectivity index (χ4v) is 2.63. The van der Waals surface area contributed by atoms with Crippen LogP contribution in [0.2, 0.25) is 0 Å². The minimum Gasteiger partial charge on any atom is -0.385 e. The van der Waals surface area contributed by atoms with E-state index in [9.17, 15) is 9.50 Å². The number of piperazine rings is 1. The predicted octanol–water partition coefficient (Wildman–Crippen LogP) is 0.317. The molecule has 0 amide bonds. The number of nitrogens with one attached hydrogen (secondary N) is 1. The fraction of sp³-hybridized carbons (Fsp3) is 0.625. The number of nitrogens with zero attached hydrogens (tertiary/aromatic N) is 1. The molecule has 0 aromatic heterocycles. The zero-order valence-corrected chi connectivity index (χ0v) is 12.9. The summed E-state index contributed by atoms with van der Waals surface area (Å²) in [6.07, 6.45) is -0.246. The van der Waals surface area contributed by atoms with Gasteiger partial charge in [-0.1, -0.05) is 0 Å². The molecule has 1 aliphatic rings. The third-order valence-electron chi connectivity index (χ3n) is 3.81. The van der Waals surface area contributed by atoms with Gasteiger partial charge in [-0.15, -0.1) is 0 Å². The Morgan fingerprint density at radius 2 is 1.86 bits per heavy atom. The Balaban J connectivity index is 1.74. The Kier molecular flexibility index (Phi) is 5.96. The van der Waals surface area contributed by atoms with Gasteiger partial charge in [0, 0.05) is 5.69 Å². The first-order chi connectivity index (χ1) is 10.0.